The topological polar surface area (TPSA) is 97.6 Å². The highest BCUT2D eigenvalue weighted by Crippen LogP contribution is 2.17. The summed E-state index contributed by atoms with van der Waals surface area (Å²) in [6, 6.07) is 11.6. The van der Waals surface area contributed by atoms with Gasteiger partial charge in [-0.25, -0.2) is 4.79 Å². The average Bonchev–Trinajstić information content (AvgIpc) is 3.18. The summed E-state index contributed by atoms with van der Waals surface area (Å²) >= 11 is 0. The lowest BCUT2D eigenvalue weighted by atomic mass is 10.1. The molecule has 2 amide bonds. The molecule has 2 N–H and O–H groups in total. The predicted molar refractivity (Wildman–Crippen MR) is 111 cm³/mol. The number of benzene rings is 1. The minimum absolute atomic E-state index is 0.104. The van der Waals surface area contributed by atoms with Crippen molar-refractivity contribution in [1.82, 2.24) is 10.6 Å². The molecule has 0 bridgehead atoms. The molecule has 30 heavy (non-hydrogen) atoms. The Kier molecular flexibility index (Phi) is 8.06. The van der Waals surface area contributed by atoms with Crippen LogP contribution in [0.25, 0.3) is 0 Å². The zero-order valence-electron chi connectivity index (χ0n) is 17.0. The van der Waals surface area contributed by atoms with Gasteiger partial charge in [0.1, 0.15) is 6.04 Å². The molecule has 1 aromatic heterocycles. The summed E-state index contributed by atoms with van der Waals surface area (Å²) in [5.74, 6) is -1.38. The maximum atomic E-state index is 12.7. The van der Waals surface area contributed by atoms with Gasteiger partial charge < -0.3 is 19.8 Å². The Labute approximate surface area is 176 Å². The molecule has 1 aliphatic carbocycles. The lowest BCUT2D eigenvalue weighted by Gasteiger charge is -2.19. The molecule has 1 fully saturated rings. The second kappa shape index (κ2) is 11.2. The van der Waals surface area contributed by atoms with Crippen molar-refractivity contribution in [3.05, 3.63) is 60.1 Å². The van der Waals surface area contributed by atoms with E-state index in [1.165, 1.54) is 25.2 Å². The van der Waals surface area contributed by atoms with Crippen LogP contribution in [-0.2, 0) is 20.7 Å². The molecule has 3 rings (SSSR count). The van der Waals surface area contributed by atoms with Crippen molar-refractivity contribution >= 4 is 17.8 Å². The zero-order valence-corrected chi connectivity index (χ0v) is 17.0. The quantitative estimate of drug-likeness (QED) is 0.513. The van der Waals surface area contributed by atoms with E-state index in [1.807, 2.05) is 30.3 Å². The first-order chi connectivity index (χ1) is 14.6. The van der Waals surface area contributed by atoms with Gasteiger partial charge >= 0.3 is 5.97 Å². The van der Waals surface area contributed by atoms with Crippen LogP contribution in [0.4, 0.5) is 0 Å². The number of hydrogen-bond acceptors (Lipinski definition) is 5. The summed E-state index contributed by atoms with van der Waals surface area (Å²) in [6.07, 6.45) is 8.12. The fourth-order valence-electron chi connectivity index (χ4n) is 3.61. The van der Waals surface area contributed by atoms with Crippen LogP contribution >= 0.6 is 0 Å². The fourth-order valence-corrected chi connectivity index (χ4v) is 3.61. The van der Waals surface area contributed by atoms with Crippen molar-refractivity contribution in [2.75, 3.05) is 6.61 Å². The number of hydrogen-bond donors (Lipinski definition) is 2. The molecule has 0 radical (unpaired) electrons. The number of nitrogens with one attached hydrogen (secondary N) is 2. The Morgan fingerprint density at radius 1 is 1.00 bits per heavy atom. The molecule has 1 saturated carbocycles. The zero-order chi connectivity index (χ0) is 21.2. The van der Waals surface area contributed by atoms with E-state index in [0.717, 1.165) is 31.2 Å². The van der Waals surface area contributed by atoms with E-state index in [2.05, 4.69) is 10.6 Å². The maximum absolute atomic E-state index is 12.7. The number of furan rings is 1. The summed E-state index contributed by atoms with van der Waals surface area (Å²) < 4.78 is 10.3. The van der Waals surface area contributed by atoms with Crippen LogP contribution in [-0.4, -0.2) is 36.5 Å². The number of ether oxygens (including phenoxy) is 1. The molecule has 2 aromatic rings. The maximum Gasteiger partial charge on any atom is 0.329 e. The lowest BCUT2D eigenvalue weighted by Crippen LogP contribution is -2.45. The van der Waals surface area contributed by atoms with Gasteiger partial charge in [-0.2, -0.15) is 0 Å². The Morgan fingerprint density at radius 3 is 2.40 bits per heavy atom. The third-order valence-corrected chi connectivity index (χ3v) is 5.18. The van der Waals surface area contributed by atoms with E-state index < -0.39 is 17.9 Å². The predicted octanol–water partition coefficient (Wildman–Crippen LogP) is 3.00. The summed E-state index contributed by atoms with van der Waals surface area (Å²) in [7, 11) is 0. The standard InChI is InChI=1S/C23H28N2O5/c26-21(24-18-11-6-1-2-7-12-18)16-30-23(28)19(15-17-9-4-3-5-10-17)25-22(27)20-13-8-14-29-20/h3-5,8-10,13-14,18-19H,1-2,6-7,11-12,15-16H2,(H,24,26)(H,25,27)/t19-/m0/s1. The van der Waals surface area contributed by atoms with Crippen LogP contribution in [0.3, 0.4) is 0 Å². The molecule has 1 aromatic carbocycles. The first-order valence-corrected chi connectivity index (χ1v) is 10.5. The Morgan fingerprint density at radius 2 is 1.73 bits per heavy atom. The number of amides is 2. The number of rotatable bonds is 8. The molecular weight excluding hydrogens is 384 g/mol. The van der Waals surface area contributed by atoms with Crippen molar-refractivity contribution in [3.63, 3.8) is 0 Å². The van der Waals surface area contributed by atoms with Crippen LogP contribution in [0.5, 0.6) is 0 Å². The highest BCUT2D eigenvalue weighted by molar-refractivity contribution is 5.94. The summed E-state index contributed by atoms with van der Waals surface area (Å²) in [4.78, 5) is 37.2. The Hall–Kier alpha value is -3.09. The van der Waals surface area contributed by atoms with E-state index >= 15 is 0 Å². The molecule has 0 unspecified atom stereocenters. The van der Waals surface area contributed by atoms with Crippen molar-refractivity contribution in [2.24, 2.45) is 0 Å². The molecule has 0 spiro atoms. The Bertz CT molecular complexity index is 811. The second-order valence-corrected chi connectivity index (χ2v) is 7.56. The van der Waals surface area contributed by atoms with Gasteiger partial charge in [-0.1, -0.05) is 56.0 Å². The molecule has 160 valence electrons. The van der Waals surface area contributed by atoms with E-state index in [4.69, 9.17) is 9.15 Å². The SMILES string of the molecule is O=C(COC(=O)[C@H](Cc1ccccc1)NC(=O)c1ccco1)NC1CCCCCC1. The largest absolute Gasteiger partial charge is 0.459 e. The summed E-state index contributed by atoms with van der Waals surface area (Å²) in [5.41, 5.74) is 0.863. The van der Waals surface area contributed by atoms with Crippen LogP contribution < -0.4 is 10.6 Å². The van der Waals surface area contributed by atoms with Gasteiger partial charge in [-0.15, -0.1) is 0 Å². The Balaban J connectivity index is 1.56. The number of esters is 1. The van der Waals surface area contributed by atoms with Gasteiger partial charge in [0.25, 0.3) is 11.8 Å². The molecule has 0 aliphatic heterocycles. The molecule has 7 nitrogen and oxygen atoms in total. The summed E-state index contributed by atoms with van der Waals surface area (Å²) in [5, 5.41) is 5.59. The van der Waals surface area contributed by atoms with Gasteiger partial charge in [0.15, 0.2) is 12.4 Å². The summed E-state index contributed by atoms with van der Waals surface area (Å²) in [6.45, 7) is -0.364. The number of carbonyl (C=O) groups is 3. The third kappa shape index (κ3) is 6.76. The molecule has 7 heteroatoms. The van der Waals surface area contributed by atoms with E-state index in [0.29, 0.717) is 0 Å². The van der Waals surface area contributed by atoms with Gasteiger partial charge in [0.2, 0.25) is 0 Å². The van der Waals surface area contributed by atoms with Gasteiger partial charge in [-0.3, -0.25) is 9.59 Å². The first-order valence-electron chi connectivity index (χ1n) is 10.5. The third-order valence-electron chi connectivity index (χ3n) is 5.18. The van der Waals surface area contributed by atoms with Crippen molar-refractivity contribution in [1.29, 1.82) is 0 Å². The minimum atomic E-state index is -0.935. The average molecular weight is 412 g/mol. The lowest BCUT2D eigenvalue weighted by molar-refractivity contribution is -0.150. The van der Waals surface area contributed by atoms with Gasteiger partial charge in [0.05, 0.1) is 6.26 Å². The van der Waals surface area contributed by atoms with Crippen molar-refractivity contribution in [3.8, 4) is 0 Å². The normalized spacial score (nSPS) is 15.6. The molecular formula is C23H28N2O5. The van der Waals surface area contributed by atoms with Gasteiger partial charge in [0, 0.05) is 12.5 Å². The minimum Gasteiger partial charge on any atom is -0.459 e. The second-order valence-electron chi connectivity index (χ2n) is 7.56. The van der Waals surface area contributed by atoms with E-state index in [9.17, 15) is 14.4 Å². The monoisotopic (exact) mass is 412 g/mol. The molecule has 1 aliphatic rings. The number of carbonyl (C=O) groups excluding carboxylic acids is 3. The van der Waals surface area contributed by atoms with E-state index in [-0.39, 0.29) is 30.7 Å². The van der Waals surface area contributed by atoms with Crippen molar-refractivity contribution in [2.45, 2.75) is 57.0 Å². The molecule has 1 heterocycles. The molecule has 0 saturated heterocycles. The smallest absolute Gasteiger partial charge is 0.329 e. The highest BCUT2D eigenvalue weighted by atomic mass is 16.5. The fraction of sp³-hybridized carbons (Fsp3) is 0.435. The van der Waals surface area contributed by atoms with E-state index in [1.54, 1.807) is 6.07 Å². The van der Waals surface area contributed by atoms with Crippen molar-refractivity contribution < 1.29 is 23.5 Å². The molecule has 1 atom stereocenters. The van der Waals surface area contributed by atoms with Crippen LogP contribution in [0.15, 0.2) is 53.1 Å². The van der Waals surface area contributed by atoms with Crippen LogP contribution in [0, 0.1) is 0 Å². The first kappa shape index (κ1) is 21.6. The van der Waals surface area contributed by atoms with Gasteiger partial charge in [-0.05, 0) is 30.5 Å². The van der Waals surface area contributed by atoms with Crippen LogP contribution in [0.1, 0.15) is 54.6 Å². The highest BCUT2D eigenvalue weighted by Gasteiger charge is 2.25. The van der Waals surface area contributed by atoms with Crippen LogP contribution in [0.2, 0.25) is 0 Å².